The van der Waals surface area contributed by atoms with Crippen LogP contribution in [0.5, 0.6) is 0 Å². The summed E-state index contributed by atoms with van der Waals surface area (Å²) in [7, 11) is 1.84. The zero-order valence-corrected chi connectivity index (χ0v) is 15.4. The second-order valence-electron chi connectivity index (χ2n) is 6.77. The Labute approximate surface area is 160 Å². The molecule has 7 nitrogen and oxygen atoms in total. The average molecular weight is 387 g/mol. The molecule has 8 heteroatoms. The first-order valence-electron chi connectivity index (χ1n) is 8.75. The Bertz CT molecular complexity index is 1030. The van der Waals surface area contributed by atoms with Gasteiger partial charge in [-0.15, -0.1) is 0 Å². The van der Waals surface area contributed by atoms with E-state index in [9.17, 15) is 15.0 Å². The summed E-state index contributed by atoms with van der Waals surface area (Å²) in [4.78, 5) is 20.3. The monoisotopic (exact) mass is 386 g/mol. The van der Waals surface area contributed by atoms with Crippen LogP contribution in [0.2, 0.25) is 5.02 Å². The first kappa shape index (κ1) is 17.8. The van der Waals surface area contributed by atoms with Crippen LogP contribution in [0.1, 0.15) is 29.6 Å². The number of nitrogens with one attached hydrogen (secondary N) is 1. The Hall–Kier alpha value is -2.64. The summed E-state index contributed by atoms with van der Waals surface area (Å²) >= 11 is 6.35. The van der Waals surface area contributed by atoms with E-state index in [1.165, 1.54) is 6.20 Å². The van der Waals surface area contributed by atoms with Gasteiger partial charge < -0.3 is 20.1 Å². The van der Waals surface area contributed by atoms with Gasteiger partial charge in [0.15, 0.2) is 0 Å². The summed E-state index contributed by atoms with van der Waals surface area (Å²) in [6.45, 7) is 0. The fourth-order valence-corrected chi connectivity index (χ4v) is 3.85. The van der Waals surface area contributed by atoms with Crippen molar-refractivity contribution in [3.63, 3.8) is 0 Å². The van der Waals surface area contributed by atoms with E-state index in [1.54, 1.807) is 18.2 Å². The molecule has 0 bridgehead atoms. The van der Waals surface area contributed by atoms with Crippen molar-refractivity contribution in [3.05, 3.63) is 41.0 Å². The molecule has 1 aliphatic carbocycles. The largest absolute Gasteiger partial charge is 0.478 e. The van der Waals surface area contributed by atoms with Crippen molar-refractivity contribution in [2.45, 2.75) is 31.4 Å². The fourth-order valence-electron chi connectivity index (χ4n) is 3.67. The van der Waals surface area contributed by atoms with E-state index < -0.39 is 12.1 Å². The lowest BCUT2D eigenvalue weighted by atomic mass is 10.1. The molecule has 0 radical (unpaired) electrons. The summed E-state index contributed by atoms with van der Waals surface area (Å²) in [6, 6.07) is 6.84. The lowest BCUT2D eigenvalue weighted by Crippen LogP contribution is -2.28. The van der Waals surface area contributed by atoms with E-state index in [-0.39, 0.29) is 11.6 Å². The number of aromatic nitrogens is 3. The molecule has 2 unspecified atom stereocenters. The summed E-state index contributed by atoms with van der Waals surface area (Å²) in [6.07, 6.45) is 3.69. The van der Waals surface area contributed by atoms with E-state index in [0.29, 0.717) is 27.7 Å². The number of hydrogen-bond acceptors (Lipinski definition) is 5. The molecule has 3 N–H and O–H groups in total. The van der Waals surface area contributed by atoms with Crippen LogP contribution in [-0.2, 0) is 7.05 Å². The van der Waals surface area contributed by atoms with Gasteiger partial charge in [0.25, 0.3) is 0 Å². The van der Waals surface area contributed by atoms with Crippen molar-refractivity contribution in [1.29, 1.82) is 0 Å². The summed E-state index contributed by atoms with van der Waals surface area (Å²) in [5, 5.41) is 23.6. The third-order valence-electron chi connectivity index (χ3n) is 5.10. The van der Waals surface area contributed by atoms with Gasteiger partial charge in [-0.3, -0.25) is 0 Å². The number of carboxylic acid groups (broad SMARTS) is 1. The molecule has 2 atom stereocenters. The maximum absolute atomic E-state index is 11.5. The molecule has 0 aliphatic heterocycles. The maximum Gasteiger partial charge on any atom is 0.336 e. The number of carbonyl (C=O) groups is 1. The topological polar surface area (TPSA) is 100 Å². The Morgan fingerprint density at radius 2 is 2.19 bits per heavy atom. The number of rotatable bonds is 4. The highest BCUT2D eigenvalue weighted by Gasteiger charge is 2.26. The summed E-state index contributed by atoms with van der Waals surface area (Å²) in [5.74, 6) is -0.590. The molecule has 1 fully saturated rings. The van der Waals surface area contributed by atoms with E-state index >= 15 is 0 Å². The van der Waals surface area contributed by atoms with Gasteiger partial charge in [0.05, 0.1) is 34.6 Å². The molecular weight excluding hydrogens is 368 g/mol. The third-order valence-corrected chi connectivity index (χ3v) is 5.37. The molecule has 2 aromatic heterocycles. The van der Waals surface area contributed by atoms with Gasteiger partial charge in [-0.25, -0.2) is 14.8 Å². The number of hydrogen-bond donors (Lipinski definition) is 3. The number of aryl methyl sites for hydroxylation is 1. The number of nitrogens with zero attached hydrogens (tertiary/aromatic N) is 3. The van der Waals surface area contributed by atoms with E-state index in [0.717, 1.165) is 24.8 Å². The zero-order valence-electron chi connectivity index (χ0n) is 14.7. The Balaban J connectivity index is 1.79. The maximum atomic E-state index is 11.5. The molecule has 1 saturated carbocycles. The molecule has 4 rings (SSSR count). The van der Waals surface area contributed by atoms with Gasteiger partial charge >= 0.3 is 5.97 Å². The second-order valence-corrected chi connectivity index (χ2v) is 7.18. The number of aliphatic hydroxyl groups excluding tert-OH is 1. The minimum Gasteiger partial charge on any atom is -0.478 e. The molecule has 2 heterocycles. The van der Waals surface area contributed by atoms with Crippen LogP contribution in [0.4, 0.5) is 5.95 Å². The molecule has 140 valence electrons. The molecule has 3 aromatic rings. The number of fused-ring (bicyclic) bond motifs is 1. The van der Waals surface area contributed by atoms with Crippen LogP contribution >= 0.6 is 11.6 Å². The quantitative estimate of drug-likeness (QED) is 0.636. The average Bonchev–Trinajstić information content (AvgIpc) is 3.20. The predicted molar refractivity (Wildman–Crippen MR) is 103 cm³/mol. The van der Waals surface area contributed by atoms with Crippen LogP contribution in [-0.4, -0.2) is 42.9 Å². The fraction of sp³-hybridized carbons (Fsp3) is 0.316. The van der Waals surface area contributed by atoms with Gasteiger partial charge in [0, 0.05) is 18.0 Å². The first-order chi connectivity index (χ1) is 13.0. The Morgan fingerprint density at radius 1 is 1.37 bits per heavy atom. The van der Waals surface area contributed by atoms with Crippen LogP contribution in [0.25, 0.3) is 22.3 Å². The van der Waals surface area contributed by atoms with Crippen molar-refractivity contribution >= 4 is 34.4 Å². The van der Waals surface area contributed by atoms with Crippen molar-refractivity contribution in [2.75, 3.05) is 5.32 Å². The zero-order chi connectivity index (χ0) is 19.1. The van der Waals surface area contributed by atoms with Gasteiger partial charge in [0.1, 0.15) is 5.69 Å². The Kier molecular flexibility index (Phi) is 4.49. The minimum atomic E-state index is -0.982. The van der Waals surface area contributed by atoms with Gasteiger partial charge in [-0.2, -0.15) is 0 Å². The molecule has 27 heavy (non-hydrogen) atoms. The van der Waals surface area contributed by atoms with E-state index in [4.69, 9.17) is 11.6 Å². The lowest BCUT2D eigenvalue weighted by Gasteiger charge is -2.17. The van der Waals surface area contributed by atoms with Gasteiger partial charge in [-0.1, -0.05) is 17.7 Å². The van der Waals surface area contributed by atoms with Crippen molar-refractivity contribution in [1.82, 2.24) is 14.5 Å². The molecule has 0 saturated heterocycles. The number of aromatic carboxylic acids is 1. The SMILES string of the molecule is Cn1c(-c2nc(NC3CCCC3O)ncc2Cl)cc2c(C(=O)O)cccc21. The molecule has 1 aliphatic rings. The van der Waals surface area contributed by atoms with Crippen molar-refractivity contribution < 1.29 is 15.0 Å². The molecule has 0 spiro atoms. The normalized spacial score (nSPS) is 19.5. The minimum absolute atomic E-state index is 0.0786. The molecule has 1 aromatic carbocycles. The smallest absolute Gasteiger partial charge is 0.336 e. The highest BCUT2D eigenvalue weighted by atomic mass is 35.5. The first-order valence-corrected chi connectivity index (χ1v) is 9.12. The number of anilines is 1. The van der Waals surface area contributed by atoms with Crippen molar-refractivity contribution in [2.24, 2.45) is 7.05 Å². The molecule has 0 amide bonds. The molecular formula is C19H19ClN4O3. The summed E-state index contributed by atoms with van der Waals surface area (Å²) in [5.41, 5.74) is 2.21. The van der Waals surface area contributed by atoms with Crippen LogP contribution in [0.15, 0.2) is 30.5 Å². The van der Waals surface area contributed by atoms with E-state index in [2.05, 4.69) is 15.3 Å². The second kappa shape index (κ2) is 6.83. The number of aliphatic hydroxyl groups is 1. The van der Waals surface area contributed by atoms with Gasteiger partial charge in [0.2, 0.25) is 5.95 Å². The third kappa shape index (κ3) is 3.13. The standard InChI is InChI=1S/C19H19ClN4O3/c1-24-14-6-2-4-10(18(26)27)11(14)8-15(24)17-12(20)9-21-19(23-17)22-13-5-3-7-16(13)25/h2,4,6,8-9,13,16,25H,3,5,7H2,1H3,(H,26,27)(H,21,22,23). The number of carboxylic acids is 1. The lowest BCUT2D eigenvalue weighted by molar-refractivity contribution is 0.0699. The highest BCUT2D eigenvalue weighted by Crippen LogP contribution is 2.33. The van der Waals surface area contributed by atoms with Gasteiger partial charge in [-0.05, 0) is 37.5 Å². The van der Waals surface area contributed by atoms with Crippen molar-refractivity contribution in [3.8, 4) is 11.4 Å². The predicted octanol–water partition coefficient (Wildman–Crippen LogP) is 3.31. The number of benzene rings is 1. The number of halogens is 1. The van der Waals surface area contributed by atoms with Crippen LogP contribution in [0, 0.1) is 0 Å². The van der Waals surface area contributed by atoms with E-state index in [1.807, 2.05) is 17.7 Å². The van der Waals surface area contributed by atoms with Crippen LogP contribution in [0.3, 0.4) is 0 Å². The highest BCUT2D eigenvalue weighted by molar-refractivity contribution is 6.33. The summed E-state index contributed by atoms with van der Waals surface area (Å²) < 4.78 is 1.87. The van der Waals surface area contributed by atoms with Crippen LogP contribution < -0.4 is 5.32 Å². The Morgan fingerprint density at radius 3 is 2.89 bits per heavy atom.